The van der Waals surface area contributed by atoms with E-state index in [-0.39, 0.29) is 51.4 Å². The Morgan fingerprint density at radius 3 is 2.25 bits per heavy atom. The standard InChI is InChI=1S/C6H7NO3S.K/c8-11(9,10)5-6-1-3-7-4-2-6;/h1-4H,5H2,(H,8,9,10);/q;+1/p-1. The first-order valence-corrected chi connectivity index (χ1v) is 4.48. The maximum absolute atomic E-state index is 10.2. The molecule has 0 unspecified atom stereocenters. The van der Waals surface area contributed by atoms with E-state index >= 15 is 0 Å². The molecule has 0 atom stereocenters. The minimum Gasteiger partial charge on any atom is -0.748 e. The van der Waals surface area contributed by atoms with E-state index in [0.29, 0.717) is 5.56 Å². The first-order valence-electron chi connectivity index (χ1n) is 2.90. The zero-order valence-electron chi connectivity index (χ0n) is 6.60. The molecular weight excluding hydrogens is 205 g/mol. The van der Waals surface area contributed by atoms with Crippen LogP contribution in [0, 0.1) is 0 Å². The number of pyridine rings is 1. The van der Waals surface area contributed by atoms with E-state index < -0.39 is 15.9 Å². The summed E-state index contributed by atoms with van der Waals surface area (Å²) in [5.41, 5.74) is 0.468. The molecule has 0 aromatic carbocycles. The summed E-state index contributed by atoms with van der Waals surface area (Å²) < 4.78 is 30.7. The topological polar surface area (TPSA) is 70.1 Å². The average molecular weight is 211 g/mol. The minimum atomic E-state index is -4.15. The van der Waals surface area contributed by atoms with Gasteiger partial charge in [-0.05, 0) is 17.7 Å². The Morgan fingerprint density at radius 2 is 1.83 bits per heavy atom. The smallest absolute Gasteiger partial charge is 0.748 e. The van der Waals surface area contributed by atoms with Gasteiger partial charge in [0.1, 0.15) is 0 Å². The molecule has 1 heterocycles. The van der Waals surface area contributed by atoms with Crippen LogP contribution in [0.3, 0.4) is 0 Å². The largest absolute Gasteiger partial charge is 1.00 e. The Kier molecular flexibility index (Phi) is 5.75. The molecule has 0 amide bonds. The third kappa shape index (κ3) is 5.36. The van der Waals surface area contributed by atoms with Gasteiger partial charge in [0.15, 0.2) is 0 Å². The number of nitrogens with zero attached hydrogens (tertiary/aromatic N) is 1. The summed E-state index contributed by atoms with van der Waals surface area (Å²) in [6.45, 7) is 0. The van der Waals surface area contributed by atoms with Crippen LogP contribution in [0.1, 0.15) is 5.56 Å². The zero-order valence-corrected chi connectivity index (χ0v) is 10.5. The SMILES string of the molecule is O=S(=O)([O-])Cc1ccncc1.[K+]. The van der Waals surface area contributed by atoms with Gasteiger partial charge in [-0.3, -0.25) is 4.98 Å². The van der Waals surface area contributed by atoms with E-state index in [2.05, 4.69) is 4.98 Å². The second-order valence-corrected chi connectivity index (χ2v) is 3.46. The summed E-state index contributed by atoms with van der Waals surface area (Å²) >= 11 is 0. The predicted octanol–water partition coefficient (Wildman–Crippen LogP) is -2.87. The second kappa shape index (κ2) is 5.43. The van der Waals surface area contributed by atoms with Crippen LogP contribution in [-0.4, -0.2) is 18.0 Å². The number of aromatic nitrogens is 1. The second-order valence-electron chi connectivity index (χ2n) is 2.06. The van der Waals surface area contributed by atoms with Crippen LogP contribution in [0.25, 0.3) is 0 Å². The Balaban J connectivity index is 0.00000121. The zero-order chi connectivity index (χ0) is 8.32. The molecule has 0 aliphatic rings. The van der Waals surface area contributed by atoms with Crippen molar-refractivity contribution in [3.63, 3.8) is 0 Å². The van der Waals surface area contributed by atoms with Crippen molar-refractivity contribution in [1.29, 1.82) is 0 Å². The van der Waals surface area contributed by atoms with Gasteiger partial charge in [-0.2, -0.15) is 0 Å². The summed E-state index contributed by atoms with van der Waals surface area (Å²) in [5.74, 6) is -0.463. The van der Waals surface area contributed by atoms with Crippen LogP contribution in [0.4, 0.5) is 0 Å². The summed E-state index contributed by atoms with van der Waals surface area (Å²) in [6.07, 6.45) is 2.89. The predicted molar refractivity (Wildman–Crippen MR) is 37.6 cm³/mol. The Bertz CT molecular complexity index is 324. The minimum absolute atomic E-state index is 0. The number of hydrogen-bond acceptors (Lipinski definition) is 4. The molecule has 0 radical (unpaired) electrons. The van der Waals surface area contributed by atoms with Crippen LogP contribution >= 0.6 is 0 Å². The van der Waals surface area contributed by atoms with Gasteiger partial charge in [0.2, 0.25) is 0 Å². The van der Waals surface area contributed by atoms with Crippen LogP contribution < -0.4 is 51.4 Å². The van der Waals surface area contributed by atoms with Crippen LogP contribution in [-0.2, 0) is 15.9 Å². The molecule has 1 rings (SSSR count). The molecule has 1 aromatic heterocycles. The molecule has 0 fully saturated rings. The van der Waals surface area contributed by atoms with Crippen molar-refractivity contribution in [3.05, 3.63) is 30.1 Å². The molecule has 0 bridgehead atoms. The first-order chi connectivity index (χ1) is 5.08. The fourth-order valence-electron chi connectivity index (χ4n) is 0.683. The molecule has 0 aliphatic heterocycles. The number of hydrogen-bond donors (Lipinski definition) is 0. The van der Waals surface area contributed by atoms with E-state index in [1.54, 1.807) is 0 Å². The maximum Gasteiger partial charge on any atom is 1.00 e. The van der Waals surface area contributed by atoms with Crippen LogP contribution in [0.15, 0.2) is 24.5 Å². The molecule has 0 N–H and O–H groups in total. The third-order valence-corrected chi connectivity index (χ3v) is 1.78. The van der Waals surface area contributed by atoms with E-state index in [0.717, 1.165) is 0 Å². The van der Waals surface area contributed by atoms with Gasteiger partial charge < -0.3 is 4.55 Å². The number of rotatable bonds is 2. The van der Waals surface area contributed by atoms with Gasteiger partial charge in [0, 0.05) is 12.4 Å². The van der Waals surface area contributed by atoms with Gasteiger partial charge >= 0.3 is 51.4 Å². The molecule has 6 heteroatoms. The third-order valence-electron chi connectivity index (χ3n) is 1.09. The molecule has 0 spiro atoms. The first kappa shape index (κ1) is 12.7. The maximum atomic E-state index is 10.2. The van der Waals surface area contributed by atoms with Crippen molar-refractivity contribution in [3.8, 4) is 0 Å². The van der Waals surface area contributed by atoms with Gasteiger partial charge in [-0.25, -0.2) is 8.42 Å². The summed E-state index contributed by atoms with van der Waals surface area (Å²) in [6, 6.07) is 2.99. The Morgan fingerprint density at radius 1 is 1.33 bits per heavy atom. The fourth-order valence-corrected chi connectivity index (χ4v) is 1.28. The Hall–Kier alpha value is 0.696. The van der Waals surface area contributed by atoms with Crippen LogP contribution in [0.2, 0.25) is 0 Å². The quantitative estimate of drug-likeness (QED) is 0.389. The molecule has 0 saturated carbocycles. The molecule has 60 valence electrons. The molecular formula is C6H6KNO3S. The van der Waals surface area contributed by atoms with Gasteiger partial charge in [0.25, 0.3) is 0 Å². The van der Waals surface area contributed by atoms with Crippen molar-refractivity contribution < 1.29 is 64.4 Å². The molecule has 1 aromatic rings. The van der Waals surface area contributed by atoms with Crippen molar-refractivity contribution in [2.45, 2.75) is 5.75 Å². The van der Waals surface area contributed by atoms with Crippen molar-refractivity contribution in [1.82, 2.24) is 4.98 Å². The average Bonchev–Trinajstić information content (AvgIpc) is 1.85. The summed E-state index contributed by atoms with van der Waals surface area (Å²) in [5, 5.41) is 0. The Labute approximate surface area is 114 Å². The van der Waals surface area contributed by atoms with E-state index in [1.165, 1.54) is 24.5 Å². The van der Waals surface area contributed by atoms with Gasteiger partial charge in [-0.15, -0.1) is 0 Å². The van der Waals surface area contributed by atoms with Gasteiger partial charge in [-0.1, -0.05) is 0 Å². The van der Waals surface area contributed by atoms with E-state index in [4.69, 9.17) is 0 Å². The summed E-state index contributed by atoms with van der Waals surface area (Å²) in [7, 11) is -4.15. The monoisotopic (exact) mass is 211 g/mol. The summed E-state index contributed by atoms with van der Waals surface area (Å²) in [4.78, 5) is 3.68. The fraction of sp³-hybridized carbons (Fsp3) is 0.167. The van der Waals surface area contributed by atoms with Crippen LogP contribution in [0.5, 0.6) is 0 Å². The van der Waals surface area contributed by atoms with Crippen molar-refractivity contribution in [2.75, 3.05) is 0 Å². The molecule has 0 aliphatic carbocycles. The van der Waals surface area contributed by atoms with E-state index in [1.807, 2.05) is 0 Å². The molecule has 0 saturated heterocycles. The van der Waals surface area contributed by atoms with Crippen molar-refractivity contribution >= 4 is 10.1 Å². The molecule has 12 heavy (non-hydrogen) atoms. The van der Waals surface area contributed by atoms with Gasteiger partial charge in [0.05, 0.1) is 15.9 Å². The van der Waals surface area contributed by atoms with Crippen molar-refractivity contribution in [2.24, 2.45) is 0 Å². The molecule has 4 nitrogen and oxygen atoms in total. The van der Waals surface area contributed by atoms with E-state index in [9.17, 15) is 13.0 Å². The normalized spacial score (nSPS) is 10.4.